The highest BCUT2D eigenvalue weighted by Gasteiger charge is 2.17. The highest BCUT2D eigenvalue weighted by molar-refractivity contribution is 6.42. The Morgan fingerprint density at radius 1 is 1.07 bits per heavy atom. The van der Waals surface area contributed by atoms with Crippen molar-refractivity contribution >= 4 is 35.0 Å². The van der Waals surface area contributed by atoms with Crippen molar-refractivity contribution in [3.63, 3.8) is 0 Å². The van der Waals surface area contributed by atoms with Crippen molar-refractivity contribution in [2.75, 3.05) is 19.7 Å². The summed E-state index contributed by atoms with van der Waals surface area (Å²) in [7, 11) is 0. The molecular weight excluding hydrogens is 438 g/mol. The number of halogens is 3. The fourth-order valence-corrected chi connectivity index (χ4v) is 2.58. The molecule has 3 aromatic rings. The molecule has 0 aliphatic carbocycles. The van der Waals surface area contributed by atoms with Crippen LogP contribution in [0.4, 0.5) is 4.39 Å². The molecule has 2 aromatic carbocycles. The first-order chi connectivity index (χ1) is 14.4. The van der Waals surface area contributed by atoms with E-state index in [1.54, 1.807) is 18.2 Å². The average molecular weight is 453 g/mol. The van der Waals surface area contributed by atoms with E-state index in [9.17, 15) is 14.0 Å². The Hall–Kier alpha value is -3.17. The molecule has 0 saturated heterocycles. The van der Waals surface area contributed by atoms with E-state index in [2.05, 4.69) is 20.8 Å². The minimum Gasteiger partial charge on any atom is -0.484 e. The summed E-state index contributed by atoms with van der Waals surface area (Å²) in [6.45, 7) is 0.0138. The second kappa shape index (κ2) is 10.0. The molecule has 11 heteroatoms. The summed E-state index contributed by atoms with van der Waals surface area (Å²) >= 11 is 11.7. The van der Waals surface area contributed by atoms with Crippen LogP contribution < -0.4 is 15.4 Å². The lowest BCUT2D eigenvalue weighted by molar-refractivity contribution is -0.123. The van der Waals surface area contributed by atoms with Gasteiger partial charge < -0.3 is 19.9 Å². The summed E-state index contributed by atoms with van der Waals surface area (Å²) < 4.78 is 23.9. The van der Waals surface area contributed by atoms with Crippen molar-refractivity contribution in [3.8, 4) is 17.1 Å². The van der Waals surface area contributed by atoms with Crippen LogP contribution in [-0.2, 0) is 4.79 Å². The molecule has 8 nitrogen and oxygen atoms in total. The van der Waals surface area contributed by atoms with E-state index < -0.39 is 17.6 Å². The Morgan fingerprint density at radius 3 is 2.60 bits per heavy atom. The number of carbonyl (C=O) groups is 2. The van der Waals surface area contributed by atoms with Gasteiger partial charge in [0.05, 0.1) is 15.6 Å². The van der Waals surface area contributed by atoms with E-state index in [0.717, 1.165) is 0 Å². The van der Waals surface area contributed by atoms with Gasteiger partial charge in [0.1, 0.15) is 11.6 Å². The summed E-state index contributed by atoms with van der Waals surface area (Å²) in [4.78, 5) is 27.7. The number of rotatable bonds is 8. The lowest BCUT2D eigenvalue weighted by Gasteiger charge is -2.08. The summed E-state index contributed by atoms with van der Waals surface area (Å²) in [5.74, 6) is -1.53. The number of carbonyl (C=O) groups excluding carboxylic acids is 2. The number of benzene rings is 2. The van der Waals surface area contributed by atoms with E-state index in [1.807, 2.05) is 0 Å². The van der Waals surface area contributed by atoms with Crippen molar-refractivity contribution in [3.05, 3.63) is 64.2 Å². The van der Waals surface area contributed by atoms with Crippen LogP contribution in [0, 0.1) is 5.82 Å². The summed E-state index contributed by atoms with van der Waals surface area (Å²) in [5.41, 5.74) is 0.120. The molecule has 0 atom stereocenters. The molecule has 0 aliphatic rings. The van der Waals surface area contributed by atoms with Gasteiger partial charge in [-0.05, 0) is 24.3 Å². The number of hydrogen-bond acceptors (Lipinski definition) is 6. The second-order valence-corrected chi connectivity index (χ2v) is 6.69. The summed E-state index contributed by atoms with van der Waals surface area (Å²) in [5, 5.41) is 9.37. The average Bonchev–Trinajstić information content (AvgIpc) is 3.22. The molecule has 1 heterocycles. The molecule has 1 aromatic heterocycles. The van der Waals surface area contributed by atoms with E-state index in [-0.39, 0.29) is 37.0 Å². The number of amides is 2. The number of hydrogen-bond donors (Lipinski definition) is 2. The lowest BCUT2D eigenvalue weighted by atomic mass is 10.2. The topological polar surface area (TPSA) is 106 Å². The van der Waals surface area contributed by atoms with Gasteiger partial charge >= 0.3 is 11.8 Å². The molecule has 156 valence electrons. The Balaban J connectivity index is 1.40. The summed E-state index contributed by atoms with van der Waals surface area (Å²) in [6, 6.07) is 10.5. The molecule has 3 rings (SSSR count). The number of nitrogens with zero attached hydrogens (tertiary/aromatic N) is 2. The van der Waals surface area contributed by atoms with Crippen LogP contribution in [0.5, 0.6) is 5.75 Å². The normalized spacial score (nSPS) is 10.5. The maximum Gasteiger partial charge on any atom is 0.316 e. The third-order valence-electron chi connectivity index (χ3n) is 3.73. The Kier molecular flexibility index (Phi) is 7.21. The number of nitrogens with one attached hydrogen (secondary N) is 2. The minimum absolute atomic E-state index is 0.0361. The molecule has 0 aliphatic heterocycles. The highest BCUT2D eigenvalue weighted by Crippen LogP contribution is 2.26. The Labute approximate surface area is 180 Å². The molecule has 0 spiro atoms. The van der Waals surface area contributed by atoms with Gasteiger partial charge in [0.15, 0.2) is 6.61 Å². The summed E-state index contributed by atoms with van der Waals surface area (Å²) in [6.07, 6.45) is 0. The van der Waals surface area contributed by atoms with Crippen LogP contribution >= 0.6 is 23.2 Å². The van der Waals surface area contributed by atoms with Crippen LogP contribution in [0.2, 0.25) is 10.0 Å². The number of ether oxygens (including phenoxy) is 1. The fourth-order valence-electron chi connectivity index (χ4n) is 2.29. The predicted octanol–water partition coefficient (Wildman–Crippen LogP) is 3.11. The van der Waals surface area contributed by atoms with Gasteiger partial charge in [-0.3, -0.25) is 9.59 Å². The molecule has 0 bridgehead atoms. The SMILES string of the molecule is O=C(COc1ccc(Cl)c(Cl)c1)NCCNC(=O)c1nc(-c2ccccc2F)no1. The Morgan fingerprint density at radius 2 is 1.83 bits per heavy atom. The van der Waals surface area contributed by atoms with Gasteiger partial charge in [0.2, 0.25) is 5.82 Å². The van der Waals surface area contributed by atoms with E-state index in [4.69, 9.17) is 32.5 Å². The van der Waals surface area contributed by atoms with Gasteiger partial charge in [-0.2, -0.15) is 4.98 Å². The van der Waals surface area contributed by atoms with Crippen LogP contribution in [0.25, 0.3) is 11.4 Å². The Bertz CT molecular complexity index is 1060. The highest BCUT2D eigenvalue weighted by atomic mass is 35.5. The van der Waals surface area contributed by atoms with Crippen LogP contribution in [0.1, 0.15) is 10.7 Å². The third kappa shape index (κ3) is 5.68. The van der Waals surface area contributed by atoms with Gasteiger partial charge in [-0.25, -0.2) is 4.39 Å². The fraction of sp³-hybridized carbons (Fsp3) is 0.158. The van der Waals surface area contributed by atoms with Crippen molar-refractivity contribution in [1.29, 1.82) is 0 Å². The first-order valence-electron chi connectivity index (χ1n) is 8.65. The zero-order chi connectivity index (χ0) is 21.5. The second-order valence-electron chi connectivity index (χ2n) is 5.87. The van der Waals surface area contributed by atoms with Crippen LogP contribution in [0.15, 0.2) is 47.0 Å². The molecular formula is C19H15Cl2FN4O4. The zero-order valence-corrected chi connectivity index (χ0v) is 16.8. The first-order valence-corrected chi connectivity index (χ1v) is 9.41. The maximum atomic E-state index is 13.7. The monoisotopic (exact) mass is 452 g/mol. The molecule has 2 N–H and O–H groups in total. The van der Waals surface area contributed by atoms with Crippen molar-refractivity contribution in [2.45, 2.75) is 0 Å². The quantitative estimate of drug-likeness (QED) is 0.508. The lowest BCUT2D eigenvalue weighted by Crippen LogP contribution is -2.36. The third-order valence-corrected chi connectivity index (χ3v) is 4.47. The molecule has 0 saturated carbocycles. The molecule has 0 radical (unpaired) electrons. The molecule has 0 unspecified atom stereocenters. The largest absolute Gasteiger partial charge is 0.484 e. The van der Waals surface area contributed by atoms with Gasteiger partial charge in [0.25, 0.3) is 5.91 Å². The smallest absolute Gasteiger partial charge is 0.316 e. The van der Waals surface area contributed by atoms with E-state index >= 15 is 0 Å². The maximum absolute atomic E-state index is 13.7. The van der Waals surface area contributed by atoms with Crippen LogP contribution in [0.3, 0.4) is 0 Å². The molecule has 0 fully saturated rings. The van der Waals surface area contributed by atoms with E-state index in [1.165, 1.54) is 24.3 Å². The molecule has 2 amide bonds. The van der Waals surface area contributed by atoms with Gasteiger partial charge in [-0.15, -0.1) is 0 Å². The van der Waals surface area contributed by atoms with Crippen LogP contribution in [-0.4, -0.2) is 41.7 Å². The van der Waals surface area contributed by atoms with Crippen molar-refractivity contribution in [1.82, 2.24) is 20.8 Å². The van der Waals surface area contributed by atoms with E-state index in [0.29, 0.717) is 15.8 Å². The molecule has 30 heavy (non-hydrogen) atoms. The van der Waals surface area contributed by atoms with Gasteiger partial charge in [0, 0.05) is 19.2 Å². The minimum atomic E-state index is -0.647. The first kappa shape index (κ1) is 21.5. The van der Waals surface area contributed by atoms with Crippen molar-refractivity contribution < 1.29 is 23.2 Å². The van der Waals surface area contributed by atoms with Crippen molar-refractivity contribution in [2.24, 2.45) is 0 Å². The zero-order valence-electron chi connectivity index (χ0n) is 15.3. The predicted molar refractivity (Wildman–Crippen MR) is 107 cm³/mol. The standard InChI is InChI=1S/C19H15Cl2FN4O4/c20-13-6-5-11(9-14(13)21)29-10-16(27)23-7-8-24-18(28)19-25-17(26-30-19)12-3-1-2-4-15(12)22/h1-6,9H,7-8,10H2,(H,23,27)(H,24,28). The van der Waals surface area contributed by atoms with Gasteiger partial charge in [-0.1, -0.05) is 40.5 Å². The number of aromatic nitrogens is 2.